The second-order valence-electron chi connectivity index (χ2n) is 5.84. The Morgan fingerprint density at radius 3 is 2.38 bits per heavy atom. The number of rotatable bonds is 4. The Bertz CT molecular complexity index is 492. The van der Waals surface area contributed by atoms with Gasteiger partial charge in [0, 0.05) is 23.6 Å². The minimum Gasteiger partial charge on any atom is -0.345 e. The van der Waals surface area contributed by atoms with Crippen molar-refractivity contribution in [2.75, 3.05) is 18.1 Å². The summed E-state index contributed by atoms with van der Waals surface area (Å²) in [5, 5.41) is 3.17. The van der Waals surface area contributed by atoms with Crippen LogP contribution in [0.4, 0.5) is 0 Å². The largest absolute Gasteiger partial charge is 0.345 e. The number of hydrogen-bond donors (Lipinski definition) is 2. The topological polar surface area (TPSA) is 55.1 Å². The molecule has 1 saturated carbocycles. The van der Waals surface area contributed by atoms with E-state index in [1.54, 1.807) is 0 Å². The van der Waals surface area contributed by atoms with Gasteiger partial charge in [-0.1, -0.05) is 25.0 Å². The van der Waals surface area contributed by atoms with E-state index >= 15 is 0 Å². The summed E-state index contributed by atoms with van der Waals surface area (Å²) in [5.74, 6) is 2.45. The second kappa shape index (κ2) is 6.63. The van der Waals surface area contributed by atoms with Gasteiger partial charge < -0.3 is 11.1 Å². The van der Waals surface area contributed by atoms with Crippen LogP contribution in [0.2, 0.25) is 0 Å². The van der Waals surface area contributed by atoms with Crippen molar-refractivity contribution in [2.45, 2.75) is 35.8 Å². The molecule has 0 atom stereocenters. The van der Waals surface area contributed by atoms with Crippen molar-refractivity contribution < 1.29 is 4.79 Å². The molecule has 5 heteroatoms. The maximum absolute atomic E-state index is 12.4. The van der Waals surface area contributed by atoms with Gasteiger partial charge in [0.15, 0.2) is 0 Å². The van der Waals surface area contributed by atoms with Crippen LogP contribution in [-0.2, 0) is 0 Å². The highest BCUT2D eigenvalue weighted by Crippen LogP contribution is 2.45. The lowest BCUT2D eigenvalue weighted by molar-refractivity contribution is 0.0903. The molecule has 1 amide bonds. The van der Waals surface area contributed by atoms with E-state index in [1.165, 1.54) is 17.1 Å². The van der Waals surface area contributed by atoms with E-state index in [4.69, 9.17) is 5.73 Å². The fourth-order valence-electron chi connectivity index (χ4n) is 3.09. The molecule has 1 aliphatic carbocycles. The van der Waals surface area contributed by atoms with Gasteiger partial charge in [0.25, 0.3) is 5.91 Å². The summed E-state index contributed by atoms with van der Waals surface area (Å²) in [4.78, 5) is 12.4. The molecule has 21 heavy (non-hydrogen) atoms. The molecule has 114 valence electrons. The van der Waals surface area contributed by atoms with Gasteiger partial charge in [-0.2, -0.15) is 0 Å². The minimum absolute atomic E-state index is 0.0145. The molecule has 0 spiro atoms. The lowest BCUT2D eigenvalue weighted by Crippen LogP contribution is -2.51. The zero-order valence-electron chi connectivity index (χ0n) is 12.1. The Balaban J connectivity index is 1.67. The number of carbonyl (C=O) groups is 1. The molecule has 2 fully saturated rings. The van der Waals surface area contributed by atoms with E-state index in [1.807, 2.05) is 35.7 Å². The number of carbonyl (C=O) groups excluding carboxylic acids is 1. The van der Waals surface area contributed by atoms with Crippen molar-refractivity contribution in [1.29, 1.82) is 0 Å². The zero-order valence-corrected chi connectivity index (χ0v) is 13.8. The van der Waals surface area contributed by atoms with Crippen LogP contribution in [0.25, 0.3) is 0 Å². The molecule has 2 aliphatic rings. The van der Waals surface area contributed by atoms with Crippen molar-refractivity contribution in [3.05, 3.63) is 35.4 Å². The first-order chi connectivity index (χ1) is 10.2. The van der Waals surface area contributed by atoms with Gasteiger partial charge in [0.1, 0.15) is 0 Å². The Labute approximate surface area is 134 Å². The summed E-state index contributed by atoms with van der Waals surface area (Å²) < 4.78 is 0.535. The molecule has 0 radical (unpaired) electrons. The Morgan fingerprint density at radius 1 is 1.19 bits per heavy atom. The lowest BCUT2D eigenvalue weighted by Gasteiger charge is -2.28. The third kappa shape index (κ3) is 3.41. The highest BCUT2D eigenvalue weighted by atomic mass is 32.2. The van der Waals surface area contributed by atoms with Gasteiger partial charge >= 0.3 is 0 Å². The normalized spacial score (nSPS) is 21.6. The van der Waals surface area contributed by atoms with Crippen LogP contribution >= 0.6 is 23.5 Å². The number of nitrogens with two attached hydrogens (primary N) is 1. The standard InChI is InChI=1S/C16H22N2OS2/c17-11-16(7-1-2-8-16)18-14(19)12-3-5-13(6-4-12)15-20-9-10-21-15/h3-6,15H,1-2,7-11,17H2,(H,18,19). The number of amides is 1. The first-order valence-corrected chi connectivity index (χ1v) is 9.68. The van der Waals surface area contributed by atoms with Crippen molar-refractivity contribution in [1.82, 2.24) is 5.32 Å². The van der Waals surface area contributed by atoms with E-state index in [2.05, 4.69) is 17.4 Å². The average Bonchev–Trinajstić information content (AvgIpc) is 3.19. The highest BCUT2D eigenvalue weighted by molar-refractivity contribution is 8.19. The van der Waals surface area contributed by atoms with E-state index in [-0.39, 0.29) is 11.4 Å². The van der Waals surface area contributed by atoms with Crippen LogP contribution < -0.4 is 11.1 Å². The molecule has 0 aromatic heterocycles. The van der Waals surface area contributed by atoms with Crippen LogP contribution in [0.1, 0.15) is 46.2 Å². The number of hydrogen-bond acceptors (Lipinski definition) is 4. The molecule has 0 unspecified atom stereocenters. The number of thioether (sulfide) groups is 2. The molecule has 3 rings (SSSR count). The summed E-state index contributed by atoms with van der Waals surface area (Å²) in [6, 6.07) is 8.08. The quantitative estimate of drug-likeness (QED) is 0.894. The molecule has 1 saturated heterocycles. The smallest absolute Gasteiger partial charge is 0.251 e. The van der Waals surface area contributed by atoms with Gasteiger partial charge in [-0.05, 0) is 30.5 Å². The Kier molecular flexibility index (Phi) is 4.82. The van der Waals surface area contributed by atoms with E-state index < -0.39 is 0 Å². The third-order valence-electron chi connectivity index (χ3n) is 4.40. The Hall–Kier alpha value is -0.650. The maximum atomic E-state index is 12.4. The molecular weight excluding hydrogens is 300 g/mol. The predicted molar refractivity (Wildman–Crippen MR) is 91.8 cm³/mol. The number of nitrogens with one attached hydrogen (secondary N) is 1. The minimum atomic E-state index is -0.174. The summed E-state index contributed by atoms with van der Waals surface area (Å²) in [6.07, 6.45) is 4.32. The van der Waals surface area contributed by atoms with Crippen molar-refractivity contribution >= 4 is 29.4 Å². The first-order valence-electron chi connectivity index (χ1n) is 7.58. The van der Waals surface area contributed by atoms with Crippen LogP contribution in [0.5, 0.6) is 0 Å². The maximum Gasteiger partial charge on any atom is 0.251 e. The van der Waals surface area contributed by atoms with E-state index in [0.29, 0.717) is 11.1 Å². The van der Waals surface area contributed by atoms with Crippen LogP contribution in [-0.4, -0.2) is 29.5 Å². The van der Waals surface area contributed by atoms with Crippen LogP contribution in [0, 0.1) is 0 Å². The van der Waals surface area contributed by atoms with E-state index in [9.17, 15) is 4.79 Å². The van der Waals surface area contributed by atoms with Gasteiger partial charge in [-0.25, -0.2) is 0 Å². The van der Waals surface area contributed by atoms with Gasteiger partial charge in [-0.3, -0.25) is 4.79 Å². The summed E-state index contributed by atoms with van der Waals surface area (Å²) in [7, 11) is 0. The molecule has 3 nitrogen and oxygen atoms in total. The van der Waals surface area contributed by atoms with Crippen LogP contribution in [0.3, 0.4) is 0 Å². The number of benzene rings is 1. The van der Waals surface area contributed by atoms with Crippen molar-refractivity contribution in [3.63, 3.8) is 0 Å². The van der Waals surface area contributed by atoms with E-state index in [0.717, 1.165) is 31.2 Å². The monoisotopic (exact) mass is 322 g/mol. The van der Waals surface area contributed by atoms with Crippen LogP contribution in [0.15, 0.2) is 24.3 Å². The van der Waals surface area contributed by atoms with Gasteiger partial charge in [-0.15, -0.1) is 23.5 Å². The first kappa shape index (κ1) is 15.3. The molecule has 0 bridgehead atoms. The average molecular weight is 322 g/mol. The fraction of sp³-hybridized carbons (Fsp3) is 0.562. The molecular formula is C16H22N2OS2. The Morgan fingerprint density at radius 2 is 1.81 bits per heavy atom. The molecule has 1 heterocycles. The predicted octanol–water partition coefficient (Wildman–Crippen LogP) is 3.17. The van der Waals surface area contributed by atoms with Gasteiger partial charge in [0.05, 0.1) is 10.1 Å². The third-order valence-corrected chi connectivity index (χ3v) is 7.50. The summed E-state index contributed by atoms with van der Waals surface area (Å²) in [5.41, 5.74) is 7.76. The SMILES string of the molecule is NCC1(NC(=O)c2ccc(C3SCCS3)cc2)CCCC1. The fourth-order valence-corrected chi connectivity index (χ4v) is 5.95. The summed E-state index contributed by atoms with van der Waals surface area (Å²) in [6.45, 7) is 0.534. The molecule has 1 aliphatic heterocycles. The van der Waals surface area contributed by atoms with Crippen molar-refractivity contribution in [2.24, 2.45) is 5.73 Å². The highest BCUT2D eigenvalue weighted by Gasteiger charge is 2.34. The molecule has 1 aromatic rings. The second-order valence-corrected chi connectivity index (χ2v) is 8.57. The molecule has 3 N–H and O–H groups in total. The summed E-state index contributed by atoms with van der Waals surface area (Å²) >= 11 is 3.97. The zero-order chi connectivity index (χ0) is 14.7. The van der Waals surface area contributed by atoms with Gasteiger partial charge in [0.2, 0.25) is 0 Å². The lowest BCUT2D eigenvalue weighted by atomic mass is 9.97. The van der Waals surface area contributed by atoms with Crippen molar-refractivity contribution in [3.8, 4) is 0 Å². The molecule has 1 aromatic carbocycles.